The number of nitrogens with zero attached hydrogens (tertiary/aromatic N) is 1. The summed E-state index contributed by atoms with van der Waals surface area (Å²) in [7, 11) is -3.31. The fraction of sp³-hybridized carbons (Fsp3) is 0.118. The maximum absolute atomic E-state index is 13.5. The zero-order valence-corrected chi connectivity index (χ0v) is 13.5. The Hall–Kier alpha value is -2.47. The van der Waals surface area contributed by atoms with Gasteiger partial charge in [0, 0.05) is 29.2 Å². The topological polar surface area (TPSA) is 59.1 Å². The van der Waals surface area contributed by atoms with E-state index in [1.54, 1.807) is 30.5 Å². The van der Waals surface area contributed by atoms with Crippen LogP contribution in [-0.2, 0) is 9.84 Å². The van der Waals surface area contributed by atoms with Gasteiger partial charge in [-0.05, 0) is 48.9 Å². The van der Waals surface area contributed by atoms with Gasteiger partial charge in [-0.1, -0.05) is 6.07 Å². The van der Waals surface area contributed by atoms with E-state index in [1.165, 1.54) is 18.2 Å². The lowest BCUT2D eigenvalue weighted by atomic mass is 10.1. The molecule has 4 nitrogen and oxygen atoms in total. The van der Waals surface area contributed by atoms with E-state index in [-0.39, 0.29) is 10.7 Å². The Balaban J connectivity index is 2.15. The molecule has 0 saturated heterocycles. The molecule has 0 atom stereocenters. The highest BCUT2D eigenvalue weighted by Crippen LogP contribution is 2.29. The van der Waals surface area contributed by atoms with E-state index in [9.17, 15) is 12.8 Å². The minimum Gasteiger partial charge on any atom is -0.355 e. The van der Waals surface area contributed by atoms with Gasteiger partial charge >= 0.3 is 0 Å². The van der Waals surface area contributed by atoms with Gasteiger partial charge in [-0.2, -0.15) is 0 Å². The minimum absolute atomic E-state index is 0.219. The number of nitrogens with one attached hydrogen (secondary N) is 1. The van der Waals surface area contributed by atoms with Gasteiger partial charge in [0.05, 0.1) is 10.4 Å². The van der Waals surface area contributed by atoms with Crippen molar-refractivity contribution in [3.05, 3.63) is 60.0 Å². The molecule has 6 heteroatoms. The smallest absolute Gasteiger partial charge is 0.175 e. The summed E-state index contributed by atoms with van der Waals surface area (Å²) < 4.78 is 37.0. The maximum atomic E-state index is 13.5. The van der Waals surface area contributed by atoms with Gasteiger partial charge in [-0.15, -0.1) is 0 Å². The molecule has 0 fully saturated rings. The number of aromatic nitrogens is 1. The highest BCUT2D eigenvalue weighted by atomic mass is 32.2. The van der Waals surface area contributed by atoms with Crippen molar-refractivity contribution in [1.29, 1.82) is 0 Å². The van der Waals surface area contributed by atoms with Crippen molar-refractivity contribution in [2.24, 2.45) is 0 Å². The fourth-order valence-electron chi connectivity index (χ4n) is 2.34. The van der Waals surface area contributed by atoms with Gasteiger partial charge in [0.2, 0.25) is 0 Å². The lowest BCUT2D eigenvalue weighted by molar-refractivity contribution is 0.602. The molecule has 1 heterocycles. The van der Waals surface area contributed by atoms with Gasteiger partial charge in [0.1, 0.15) is 5.82 Å². The number of benzene rings is 2. The molecule has 0 aliphatic carbocycles. The van der Waals surface area contributed by atoms with Gasteiger partial charge in [0.15, 0.2) is 9.84 Å². The van der Waals surface area contributed by atoms with Crippen molar-refractivity contribution in [1.82, 2.24) is 4.98 Å². The molecule has 0 radical (unpaired) electrons. The quantitative estimate of drug-likeness (QED) is 0.793. The molecule has 23 heavy (non-hydrogen) atoms. The number of pyridine rings is 1. The second-order valence-corrected chi connectivity index (χ2v) is 7.41. The van der Waals surface area contributed by atoms with Crippen LogP contribution in [0.3, 0.4) is 0 Å². The summed E-state index contributed by atoms with van der Waals surface area (Å²) in [6.07, 6.45) is 2.79. The number of hydrogen-bond acceptors (Lipinski definition) is 4. The third-order valence-corrected chi connectivity index (χ3v) is 4.72. The average Bonchev–Trinajstić information content (AvgIpc) is 2.50. The minimum atomic E-state index is -3.31. The lowest BCUT2D eigenvalue weighted by Crippen LogP contribution is -1.99. The zero-order valence-electron chi connectivity index (χ0n) is 12.7. The van der Waals surface area contributed by atoms with Crippen LogP contribution in [0, 0.1) is 12.7 Å². The van der Waals surface area contributed by atoms with Crippen LogP contribution in [0.1, 0.15) is 5.56 Å². The first-order valence-corrected chi connectivity index (χ1v) is 8.86. The Labute approximate surface area is 133 Å². The highest BCUT2D eigenvalue weighted by molar-refractivity contribution is 7.90. The SMILES string of the molecule is Cc1ccc(F)cc1Nc1ccnc2ccc(S(C)(=O)=O)cc12. The molecular weight excluding hydrogens is 315 g/mol. The van der Waals surface area contributed by atoms with Crippen molar-refractivity contribution < 1.29 is 12.8 Å². The first kappa shape index (κ1) is 15.4. The van der Waals surface area contributed by atoms with E-state index in [0.717, 1.165) is 11.8 Å². The van der Waals surface area contributed by atoms with Crippen LogP contribution < -0.4 is 5.32 Å². The highest BCUT2D eigenvalue weighted by Gasteiger charge is 2.11. The van der Waals surface area contributed by atoms with Crippen molar-refractivity contribution in [3.63, 3.8) is 0 Å². The molecule has 118 valence electrons. The molecule has 0 amide bonds. The van der Waals surface area contributed by atoms with Crippen molar-refractivity contribution in [2.45, 2.75) is 11.8 Å². The third-order valence-electron chi connectivity index (χ3n) is 3.61. The third kappa shape index (κ3) is 3.17. The standard InChI is InChI=1S/C17H15FN2O2S/c1-11-3-4-12(18)9-17(11)20-16-7-8-19-15-6-5-13(10-14(15)16)23(2,21)22/h3-10H,1-2H3,(H,19,20). The monoisotopic (exact) mass is 330 g/mol. The number of anilines is 2. The van der Waals surface area contributed by atoms with Crippen LogP contribution in [0.15, 0.2) is 53.6 Å². The van der Waals surface area contributed by atoms with E-state index in [0.29, 0.717) is 22.3 Å². The molecule has 0 bridgehead atoms. The lowest BCUT2D eigenvalue weighted by Gasteiger charge is -2.12. The second-order valence-electron chi connectivity index (χ2n) is 5.39. The summed E-state index contributed by atoms with van der Waals surface area (Å²) in [6, 6.07) is 11.0. The second kappa shape index (κ2) is 5.62. The van der Waals surface area contributed by atoms with E-state index in [4.69, 9.17) is 0 Å². The van der Waals surface area contributed by atoms with Crippen LogP contribution >= 0.6 is 0 Å². The Morgan fingerprint density at radius 3 is 2.57 bits per heavy atom. The van der Waals surface area contributed by atoms with Crippen LogP contribution in [0.25, 0.3) is 10.9 Å². The Kier molecular flexibility index (Phi) is 3.77. The molecule has 0 saturated carbocycles. The predicted molar refractivity (Wildman–Crippen MR) is 89.3 cm³/mol. The molecule has 0 aliphatic rings. The van der Waals surface area contributed by atoms with Gasteiger partial charge < -0.3 is 5.32 Å². The molecule has 3 aromatic rings. The van der Waals surface area contributed by atoms with Crippen molar-refractivity contribution in [2.75, 3.05) is 11.6 Å². The van der Waals surface area contributed by atoms with E-state index < -0.39 is 9.84 Å². The average molecular weight is 330 g/mol. The Morgan fingerprint density at radius 2 is 1.83 bits per heavy atom. The zero-order chi connectivity index (χ0) is 16.6. The number of halogens is 1. The number of fused-ring (bicyclic) bond motifs is 1. The predicted octanol–water partition coefficient (Wildman–Crippen LogP) is 3.83. The van der Waals surface area contributed by atoms with Crippen LogP contribution in [0.5, 0.6) is 0 Å². The number of rotatable bonds is 3. The van der Waals surface area contributed by atoms with Gasteiger partial charge in [0.25, 0.3) is 0 Å². The normalized spacial score (nSPS) is 11.6. The molecule has 3 rings (SSSR count). The molecule has 1 aromatic heterocycles. The van der Waals surface area contributed by atoms with Gasteiger partial charge in [-0.25, -0.2) is 12.8 Å². The van der Waals surface area contributed by atoms with Crippen LogP contribution in [-0.4, -0.2) is 19.7 Å². The summed E-state index contributed by atoms with van der Waals surface area (Å²) in [5.74, 6) is -0.340. The summed E-state index contributed by atoms with van der Waals surface area (Å²) in [6.45, 7) is 1.87. The Bertz CT molecular complexity index is 1000. The van der Waals surface area contributed by atoms with Crippen LogP contribution in [0.2, 0.25) is 0 Å². The molecule has 0 spiro atoms. The number of hydrogen-bond donors (Lipinski definition) is 1. The molecule has 2 aromatic carbocycles. The Morgan fingerprint density at radius 1 is 1.04 bits per heavy atom. The summed E-state index contributed by atoms with van der Waals surface area (Å²) in [4.78, 5) is 4.46. The molecular formula is C17H15FN2O2S. The fourth-order valence-corrected chi connectivity index (χ4v) is 2.99. The van der Waals surface area contributed by atoms with Crippen molar-refractivity contribution in [3.8, 4) is 0 Å². The molecule has 0 aliphatic heterocycles. The summed E-state index contributed by atoms with van der Waals surface area (Å²) in [5, 5.41) is 3.83. The molecule has 1 N–H and O–H groups in total. The van der Waals surface area contributed by atoms with Gasteiger partial charge in [-0.3, -0.25) is 4.98 Å². The molecule has 0 unspecified atom stereocenters. The van der Waals surface area contributed by atoms with E-state index >= 15 is 0 Å². The maximum Gasteiger partial charge on any atom is 0.175 e. The number of aryl methyl sites for hydroxylation is 1. The van der Waals surface area contributed by atoms with E-state index in [1.807, 2.05) is 6.92 Å². The van der Waals surface area contributed by atoms with Crippen molar-refractivity contribution >= 4 is 32.1 Å². The first-order chi connectivity index (χ1) is 10.8. The first-order valence-electron chi connectivity index (χ1n) is 6.96. The van der Waals surface area contributed by atoms with E-state index in [2.05, 4.69) is 10.3 Å². The summed E-state index contributed by atoms with van der Waals surface area (Å²) in [5.41, 5.74) is 2.85. The summed E-state index contributed by atoms with van der Waals surface area (Å²) >= 11 is 0. The number of sulfone groups is 1. The largest absolute Gasteiger partial charge is 0.355 e. The van der Waals surface area contributed by atoms with Crippen LogP contribution in [0.4, 0.5) is 15.8 Å².